The Kier molecular flexibility index (Phi) is 1.60. The van der Waals surface area contributed by atoms with E-state index in [1.165, 1.54) is 0 Å². The number of ether oxygens (including phenoxy) is 1. The molecule has 0 aromatic heterocycles. The fourth-order valence-electron chi connectivity index (χ4n) is 2.14. The zero-order valence-corrected chi connectivity index (χ0v) is 6.32. The largest absolute Gasteiger partial charge is 0.463 e. The molecule has 1 aliphatic carbocycles. The van der Waals surface area contributed by atoms with Crippen molar-refractivity contribution in [3.05, 3.63) is 0 Å². The summed E-state index contributed by atoms with van der Waals surface area (Å²) in [6, 6.07) is 0. The third-order valence-electron chi connectivity index (χ3n) is 2.76. The predicted molar refractivity (Wildman–Crippen MR) is 37.8 cm³/mol. The summed E-state index contributed by atoms with van der Waals surface area (Å²) >= 11 is 0. The lowest BCUT2D eigenvalue weighted by molar-refractivity contribution is -0.164. The van der Waals surface area contributed by atoms with Crippen molar-refractivity contribution in [1.29, 1.82) is 0 Å². The third kappa shape index (κ3) is 1.03. The fraction of sp³-hybridized carbons (Fsp3) is 0.875. The Morgan fingerprint density at radius 2 is 2.27 bits per heavy atom. The topological polar surface area (TPSA) is 46.5 Å². The summed E-state index contributed by atoms with van der Waals surface area (Å²) in [5.41, 5.74) is 0. The molecule has 2 fully saturated rings. The molecule has 3 nitrogen and oxygen atoms in total. The van der Waals surface area contributed by atoms with Gasteiger partial charge in [0.1, 0.15) is 6.61 Å². The molecule has 62 valence electrons. The van der Waals surface area contributed by atoms with E-state index in [2.05, 4.69) is 0 Å². The monoisotopic (exact) mass is 156 g/mol. The molecule has 3 atom stereocenters. The number of rotatable bonds is 0. The second-order valence-corrected chi connectivity index (χ2v) is 3.40. The maximum atomic E-state index is 11.1. The summed E-state index contributed by atoms with van der Waals surface area (Å²) in [5.74, 6) is 0.0906. The van der Waals surface area contributed by atoms with E-state index < -0.39 is 6.10 Å². The number of fused-ring (bicyclic) bond motifs is 1. The summed E-state index contributed by atoms with van der Waals surface area (Å²) in [6.45, 7) is 0.208. The molecule has 1 saturated carbocycles. The number of aliphatic hydroxyl groups excluding tert-OH is 1. The lowest BCUT2D eigenvalue weighted by atomic mass is 9.89. The number of carbonyl (C=O) groups is 1. The highest BCUT2D eigenvalue weighted by Crippen LogP contribution is 2.37. The van der Waals surface area contributed by atoms with Gasteiger partial charge in [-0.2, -0.15) is 0 Å². The molecule has 0 amide bonds. The standard InChI is InChI=1S/C8H12O3/c9-7-4-11-8(10)6-3-1-2-5(6)7/h5-7,9H,1-4H2/t5?,6?,7-/m1/s1. The molecule has 0 bridgehead atoms. The van der Waals surface area contributed by atoms with Crippen molar-refractivity contribution in [2.75, 3.05) is 6.61 Å². The van der Waals surface area contributed by atoms with Gasteiger partial charge in [-0.1, -0.05) is 6.42 Å². The van der Waals surface area contributed by atoms with E-state index in [-0.39, 0.29) is 24.4 Å². The van der Waals surface area contributed by atoms with Gasteiger partial charge in [-0.3, -0.25) is 4.79 Å². The first-order chi connectivity index (χ1) is 5.29. The van der Waals surface area contributed by atoms with Crippen molar-refractivity contribution in [2.45, 2.75) is 25.4 Å². The van der Waals surface area contributed by atoms with E-state index >= 15 is 0 Å². The number of hydrogen-bond acceptors (Lipinski definition) is 3. The number of aliphatic hydroxyl groups is 1. The Morgan fingerprint density at radius 3 is 3.00 bits per heavy atom. The van der Waals surface area contributed by atoms with Gasteiger partial charge in [0.15, 0.2) is 0 Å². The molecule has 1 saturated heterocycles. The Balaban J connectivity index is 2.14. The first kappa shape index (κ1) is 7.10. The zero-order valence-electron chi connectivity index (χ0n) is 6.32. The maximum absolute atomic E-state index is 11.1. The SMILES string of the molecule is O=C1OC[C@@H](O)C2CCCC12. The van der Waals surface area contributed by atoms with Crippen LogP contribution in [0.15, 0.2) is 0 Å². The normalized spacial score (nSPS) is 43.4. The van der Waals surface area contributed by atoms with Gasteiger partial charge in [-0.25, -0.2) is 0 Å². The van der Waals surface area contributed by atoms with Crippen LogP contribution in [0.5, 0.6) is 0 Å². The summed E-state index contributed by atoms with van der Waals surface area (Å²) in [4.78, 5) is 11.1. The molecule has 2 rings (SSSR count). The van der Waals surface area contributed by atoms with Gasteiger partial charge in [0.2, 0.25) is 0 Å². The van der Waals surface area contributed by atoms with Crippen LogP contribution >= 0.6 is 0 Å². The lowest BCUT2D eigenvalue weighted by Gasteiger charge is -2.28. The highest BCUT2D eigenvalue weighted by molar-refractivity contribution is 5.74. The van der Waals surface area contributed by atoms with Crippen LogP contribution in [0.4, 0.5) is 0 Å². The molecule has 1 aliphatic heterocycles. The number of hydrogen-bond donors (Lipinski definition) is 1. The minimum absolute atomic E-state index is 0.00116. The highest BCUT2D eigenvalue weighted by Gasteiger charge is 2.42. The first-order valence-corrected chi connectivity index (χ1v) is 4.14. The number of carbonyl (C=O) groups excluding carboxylic acids is 1. The van der Waals surface area contributed by atoms with E-state index in [0.717, 1.165) is 19.3 Å². The second-order valence-electron chi connectivity index (χ2n) is 3.40. The summed E-state index contributed by atoms with van der Waals surface area (Å²) in [6.07, 6.45) is 2.54. The molecule has 2 unspecified atom stereocenters. The van der Waals surface area contributed by atoms with E-state index in [1.807, 2.05) is 0 Å². The minimum Gasteiger partial charge on any atom is -0.463 e. The molecule has 0 aromatic rings. The van der Waals surface area contributed by atoms with Gasteiger partial charge < -0.3 is 9.84 Å². The summed E-state index contributed by atoms with van der Waals surface area (Å²) in [7, 11) is 0. The average Bonchev–Trinajstić information content (AvgIpc) is 2.45. The van der Waals surface area contributed by atoms with Crippen LogP contribution in [0.3, 0.4) is 0 Å². The number of esters is 1. The Bertz CT molecular complexity index is 178. The average molecular weight is 156 g/mol. The van der Waals surface area contributed by atoms with E-state index in [1.54, 1.807) is 0 Å². The Hall–Kier alpha value is -0.570. The molecular formula is C8H12O3. The van der Waals surface area contributed by atoms with Crippen molar-refractivity contribution in [3.63, 3.8) is 0 Å². The summed E-state index contributed by atoms with van der Waals surface area (Å²) < 4.78 is 4.82. The molecule has 0 aromatic carbocycles. The molecule has 11 heavy (non-hydrogen) atoms. The van der Waals surface area contributed by atoms with Crippen molar-refractivity contribution in [3.8, 4) is 0 Å². The van der Waals surface area contributed by atoms with Gasteiger partial charge in [0, 0.05) is 5.92 Å². The van der Waals surface area contributed by atoms with Crippen molar-refractivity contribution >= 4 is 5.97 Å². The first-order valence-electron chi connectivity index (χ1n) is 4.14. The maximum Gasteiger partial charge on any atom is 0.309 e. The van der Waals surface area contributed by atoms with Crippen molar-refractivity contribution in [2.24, 2.45) is 11.8 Å². The Morgan fingerprint density at radius 1 is 1.45 bits per heavy atom. The molecular weight excluding hydrogens is 144 g/mol. The molecule has 0 radical (unpaired) electrons. The molecule has 1 N–H and O–H groups in total. The molecule has 2 aliphatic rings. The highest BCUT2D eigenvalue weighted by atomic mass is 16.5. The number of cyclic esters (lactones) is 1. The fourth-order valence-corrected chi connectivity index (χ4v) is 2.14. The van der Waals surface area contributed by atoms with Gasteiger partial charge in [0.25, 0.3) is 0 Å². The van der Waals surface area contributed by atoms with Crippen LogP contribution in [-0.4, -0.2) is 23.8 Å². The molecule has 3 heteroatoms. The van der Waals surface area contributed by atoms with Gasteiger partial charge in [-0.05, 0) is 12.8 Å². The lowest BCUT2D eigenvalue weighted by Crippen LogP contribution is -2.39. The third-order valence-corrected chi connectivity index (χ3v) is 2.76. The predicted octanol–water partition coefficient (Wildman–Crippen LogP) is 0.320. The Labute approximate surface area is 65.4 Å². The van der Waals surface area contributed by atoms with Crippen molar-refractivity contribution < 1.29 is 14.6 Å². The van der Waals surface area contributed by atoms with Crippen LogP contribution in [0.25, 0.3) is 0 Å². The van der Waals surface area contributed by atoms with Gasteiger partial charge >= 0.3 is 5.97 Å². The molecule has 0 spiro atoms. The van der Waals surface area contributed by atoms with Crippen LogP contribution < -0.4 is 0 Å². The van der Waals surface area contributed by atoms with E-state index in [4.69, 9.17) is 4.74 Å². The van der Waals surface area contributed by atoms with Crippen LogP contribution in [-0.2, 0) is 9.53 Å². The zero-order chi connectivity index (χ0) is 7.84. The van der Waals surface area contributed by atoms with E-state index in [9.17, 15) is 9.90 Å². The van der Waals surface area contributed by atoms with Crippen LogP contribution in [0.2, 0.25) is 0 Å². The van der Waals surface area contributed by atoms with Gasteiger partial charge in [0.05, 0.1) is 12.0 Å². The quantitative estimate of drug-likeness (QED) is 0.514. The van der Waals surface area contributed by atoms with E-state index in [0.29, 0.717) is 0 Å². The summed E-state index contributed by atoms with van der Waals surface area (Å²) in [5, 5.41) is 9.42. The van der Waals surface area contributed by atoms with Crippen LogP contribution in [0.1, 0.15) is 19.3 Å². The minimum atomic E-state index is -0.403. The smallest absolute Gasteiger partial charge is 0.309 e. The van der Waals surface area contributed by atoms with Crippen molar-refractivity contribution in [1.82, 2.24) is 0 Å². The molecule has 1 heterocycles. The van der Waals surface area contributed by atoms with Crippen LogP contribution in [0, 0.1) is 11.8 Å². The van der Waals surface area contributed by atoms with Gasteiger partial charge in [-0.15, -0.1) is 0 Å². The second kappa shape index (κ2) is 2.48.